The Balaban J connectivity index is 1.78. The molecule has 0 bridgehead atoms. The van der Waals surface area contributed by atoms with Crippen LogP contribution < -0.4 is 15.8 Å². The normalized spacial score (nSPS) is 27.0. The van der Waals surface area contributed by atoms with Crippen molar-refractivity contribution >= 4 is 45.8 Å². The van der Waals surface area contributed by atoms with Crippen LogP contribution in [0.4, 0.5) is 10.5 Å². The van der Waals surface area contributed by atoms with Crippen molar-refractivity contribution in [2.45, 2.75) is 75.8 Å². The van der Waals surface area contributed by atoms with Gasteiger partial charge in [0, 0.05) is 11.3 Å². The van der Waals surface area contributed by atoms with E-state index in [1.54, 1.807) is 30.3 Å². The summed E-state index contributed by atoms with van der Waals surface area (Å²) in [7, 11) is 0. The minimum absolute atomic E-state index is 0.0582. The van der Waals surface area contributed by atoms with Gasteiger partial charge in [-0.3, -0.25) is 19.2 Å². The second-order valence-electron chi connectivity index (χ2n) is 11.1. The van der Waals surface area contributed by atoms with Crippen LogP contribution in [0.15, 0.2) is 53.1 Å². The molecule has 0 saturated carbocycles. The predicted octanol–water partition coefficient (Wildman–Crippen LogP) is 0.722. The van der Waals surface area contributed by atoms with E-state index in [0.717, 1.165) is 26.3 Å². The zero-order chi connectivity index (χ0) is 33.5. The number of aliphatic hydroxyl groups excluding tert-OH is 1. The number of nitrogens with one attached hydrogen (secondary N) is 1. The molecule has 2 amide bonds. The summed E-state index contributed by atoms with van der Waals surface area (Å²) in [5.41, 5.74) is -3.06. The van der Waals surface area contributed by atoms with Gasteiger partial charge < -0.3 is 45.4 Å². The van der Waals surface area contributed by atoms with Crippen LogP contribution in [0.25, 0.3) is 11.0 Å². The van der Waals surface area contributed by atoms with Crippen molar-refractivity contribution in [1.82, 2.24) is 0 Å². The van der Waals surface area contributed by atoms with Crippen LogP contribution in [0.1, 0.15) is 38.8 Å². The van der Waals surface area contributed by atoms with Gasteiger partial charge in [-0.15, -0.1) is 0 Å². The molecular formula is C31H34N2O12. The summed E-state index contributed by atoms with van der Waals surface area (Å²) in [6.45, 7) is 3.14. The number of hydrogen-bond donors (Lipinski definition) is 6. The highest BCUT2D eigenvalue weighted by molar-refractivity contribution is 6.05. The number of rotatable bonds is 11. The molecule has 1 fully saturated rings. The minimum Gasteiger partial charge on any atom is -0.464 e. The van der Waals surface area contributed by atoms with Gasteiger partial charge in [-0.05, 0) is 70.4 Å². The van der Waals surface area contributed by atoms with E-state index in [0.29, 0.717) is 42.0 Å². The van der Waals surface area contributed by atoms with Crippen LogP contribution in [-0.4, -0.2) is 84.9 Å². The number of Topliss-reactive ketones (excluding diaryl/α,β-unsaturated/α-hetero) is 4. The van der Waals surface area contributed by atoms with E-state index < -0.39 is 64.5 Å². The third-order valence-corrected chi connectivity index (χ3v) is 8.19. The van der Waals surface area contributed by atoms with E-state index in [-0.39, 0.29) is 5.75 Å². The molecule has 1 aliphatic heterocycles. The number of furan rings is 1. The van der Waals surface area contributed by atoms with E-state index in [1.807, 2.05) is 0 Å². The lowest BCUT2D eigenvalue weighted by Crippen LogP contribution is -2.87. The monoisotopic (exact) mass is 626 g/mol. The van der Waals surface area contributed by atoms with E-state index in [1.165, 1.54) is 18.4 Å². The largest absolute Gasteiger partial charge is 0.464 e. The average molecular weight is 627 g/mol. The lowest BCUT2D eigenvalue weighted by Gasteiger charge is -2.57. The molecule has 14 heteroatoms. The molecule has 240 valence electrons. The van der Waals surface area contributed by atoms with Crippen molar-refractivity contribution < 1.29 is 58.3 Å². The molecule has 1 aliphatic rings. The number of anilines is 1. The molecule has 1 saturated heterocycles. The zero-order valence-electron chi connectivity index (χ0n) is 24.9. The van der Waals surface area contributed by atoms with Crippen molar-refractivity contribution in [3.05, 3.63) is 59.9 Å². The fourth-order valence-corrected chi connectivity index (χ4v) is 5.73. The number of primary amides is 1. The van der Waals surface area contributed by atoms with E-state index in [2.05, 4.69) is 5.32 Å². The Kier molecular flexibility index (Phi) is 9.02. The van der Waals surface area contributed by atoms with Gasteiger partial charge in [0.05, 0.1) is 11.6 Å². The van der Waals surface area contributed by atoms with Crippen molar-refractivity contribution in [3.8, 4) is 5.75 Å². The number of aryl methyl sites for hydroxylation is 2. The van der Waals surface area contributed by atoms with E-state index in [4.69, 9.17) is 19.6 Å². The first kappa shape index (κ1) is 33.4. The molecule has 7 N–H and O–H groups in total. The molecule has 2 aromatic carbocycles. The number of aliphatic hydroxyl groups is 4. The molecule has 0 spiro atoms. The standard InChI is InChI=1S/C31H34N2O12/c1-15(34)25(38)26-29(40,16(2)35)31(42,18(4)37)30(41,17(3)36)27(45-26)44-23-7-5-6-22-24(23)20(14-43-22)11-8-19-9-12-21(13-10-19)33-28(32)39/h5-7,9-10,12-14,25-27,38,40-42H,8,11H2,1-4H3,(H3,32,33,39)/t25?,26-,27-,29-,30+,31+/m1/s1. The van der Waals surface area contributed by atoms with E-state index >= 15 is 0 Å². The Morgan fingerprint density at radius 1 is 0.911 bits per heavy atom. The fraction of sp³-hybridized carbons (Fsp3) is 0.387. The maximum absolute atomic E-state index is 13.1. The lowest BCUT2D eigenvalue weighted by atomic mass is 9.60. The SMILES string of the molecule is CC(=O)C(O)[C@H]1O[C@@H](Oc2cccc3occ(CCc4ccc(NC(N)=O)cc4)c23)[C@@](O)(C(C)=O)[C@](O)(C(C)=O)[C@@]1(O)C(C)=O. The molecule has 0 radical (unpaired) electrons. The fourth-order valence-electron chi connectivity index (χ4n) is 5.73. The number of urea groups is 1. The summed E-state index contributed by atoms with van der Waals surface area (Å²) in [6, 6.07) is 10.8. The molecule has 1 aromatic heterocycles. The van der Waals surface area contributed by atoms with Gasteiger partial charge in [-0.1, -0.05) is 18.2 Å². The molecule has 1 unspecified atom stereocenters. The first-order valence-corrected chi connectivity index (χ1v) is 13.8. The minimum atomic E-state index is -3.63. The lowest BCUT2D eigenvalue weighted by molar-refractivity contribution is -0.357. The third kappa shape index (κ3) is 5.40. The number of ether oxygens (including phenoxy) is 2. The highest BCUT2D eigenvalue weighted by Gasteiger charge is 2.80. The summed E-state index contributed by atoms with van der Waals surface area (Å²) < 4.78 is 17.3. The Morgan fingerprint density at radius 3 is 2.07 bits per heavy atom. The second kappa shape index (κ2) is 12.1. The first-order chi connectivity index (χ1) is 21.0. The quantitative estimate of drug-likeness (QED) is 0.173. The summed E-state index contributed by atoms with van der Waals surface area (Å²) in [6.07, 6.45) is -4.65. The molecule has 14 nitrogen and oxygen atoms in total. The molecule has 45 heavy (non-hydrogen) atoms. The van der Waals surface area contributed by atoms with Gasteiger partial charge in [0.25, 0.3) is 0 Å². The van der Waals surface area contributed by atoms with Crippen LogP contribution in [0, 0.1) is 0 Å². The molecular weight excluding hydrogens is 592 g/mol. The van der Waals surface area contributed by atoms with Crippen LogP contribution in [0.2, 0.25) is 0 Å². The number of carbonyl (C=O) groups excluding carboxylic acids is 5. The summed E-state index contributed by atoms with van der Waals surface area (Å²) in [4.78, 5) is 62.2. The van der Waals surface area contributed by atoms with Crippen LogP contribution in [-0.2, 0) is 36.8 Å². The Hall–Kier alpha value is -4.47. The van der Waals surface area contributed by atoms with Crippen molar-refractivity contribution in [1.29, 1.82) is 0 Å². The topological polar surface area (TPSA) is 236 Å². The molecule has 2 heterocycles. The molecule has 4 rings (SSSR count). The van der Waals surface area contributed by atoms with Crippen LogP contribution >= 0.6 is 0 Å². The summed E-state index contributed by atoms with van der Waals surface area (Å²) in [5, 5.41) is 48.6. The van der Waals surface area contributed by atoms with Gasteiger partial charge in [0.15, 0.2) is 28.7 Å². The molecule has 0 aliphatic carbocycles. The predicted molar refractivity (Wildman–Crippen MR) is 156 cm³/mol. The zero-order valence-corrected chi connectivity index (χ0v) is 24.9. The van der Waals surface area contributed by atoms with Gasteiger partial charge in [-0.2, -0.15) is 0 Å². The third-order valence-electron chi connectivity index (χ3n) is 8.19. The highest BCUT2D eigenvalue weighted by Crippen LogP contribution is 2.48. The number of amides is 2. The summed E-state index contributed by atoms with van der Waals surface area (Å²) in [5.74, 6) is -5.21. The summed E-state index contributed by atoms with van der Waals surface area (Å²) >= 11 is 0. The average Bonchev–Trinajstić information content (AvgIpc) is 3.39. The van der Waals surface area contributed by atoms with Crippen molar-refractivity contribution in [3.63, 3.8) is 0 Å². The second-order valence-corrected chi connectivity index (χ2v) is 11.1. The Morgan fingerprint density at radius 2 is 1.53 bits per heavy atom. The number of carbonyl (C=O) groups is 5. The maximum Gasteiger partial charge on any atom is 0.316 e. The number of fused-ring (bicyclic) bond motifs is 1. The number of ketones is 4. The molecule has 3 aromatic rings. The van der Waals surface area contributed by atoms with Gasteiger partial charge in [0.2, 0.25) is 17.5 Å². The maximum atomic E-state index is 13.1. The van der Waals surface area contributed by atoms with E-state index in [9.17, 15) is 44.4 Å². The Labute approximate surface area is 256 Å². The van der Waals surface area contributed by atoms with Crippen molar-refractivity contribution in [2.24, 2.45) is 5.73 Å². The van der Waals surface area contributed by atoms with Crippen LogP contribution in [0.3, 0.4) is 0 Å². The highest BCUT2D eigenvalue weighted by atomic mass is 16.7. The molecule has 6 atom stereocenters. The van der Waals surface area contributed by atoms with Gasteiger partial charge >= 0.3 is 6.03 Å². The Bertz CT molecular complexity index is 1670. The number of benzene rings is 2. The number of hydrogen-bond acceptors (Lipinski definition) is 12. The number of nitrogens with two attached hydrogens (primary N) is 1. The van der Waals surface area contributed by atoms with Gasteiger partial charge in [-0.25, -0.2) is 4.79 Å². The van der Waals surface area contributed by atoms with Crippen LogP contribution in [0.5, 0.6) is 5.75 Å². The van der Waals surface area contributed by atoms with Gasteiger partial charge in [0.1, 0.15) is 23.5 Å². The first-order valence-electron chi connectivity index (χ1n) is 13.8. The smallest absolute Gasteiger partial charge is 0.316 e. The van der Waals surface area contributed by atoms with Crippen molar-refractivity contribution in [2.75, 3.05) is 5.32 Å².